The predicted molar refractivity (Wildman–Crippen MR) is 142 cm³/mol. The van der Waals surface area contributed by atoms with Gasteiger partial charge in [-0.3, -0.25) is 4.79 Å². The number of carbonyl (C=O) groups is 1. The van der Waals surface area contributed by atoms with Crippen molar-refractivity contribution >= 4 is 37.5 Å². The molecular weight excluding hydrogens is 482 g/mol. The normalized spacial score (nSPS) is 12.6. The highest BCUT2D eigenvalue weighted by Gasteiger charge is 2.24. The van der Waals surface area contributed by atoms with Crippen molar-refractivity contribution < 1.29 is 17.9 Å². The van der Waals surface area contributed by atoms with Crippen molar-refractivity contribution in [3.05, 3.63) is 52.3 Å². The van der Waals surface area contributed by atoms with Crippen LogP contribution in [-0.4, -0.2) is 43.4 Å². The molecule has 9 heteroatoms. The Bertz CT molecular complexity index is 1330. The summed E-state index contributed by atoms with van der Waals surface area (Å²) in [6, 6.07) is 10.0. The Kier molecular flexibility index (Phi) is 9.27. The third-order valence-corrected chi connectivity index (χ3v) is 9.11. The Labute approximate surface area is 212 Å². The number of carbonyl (C=O) groups excluding carboxylic acids is 1. The zero-order valence-electron chi connectivity index (χ0n) is 21.2. The summed E-state index contributed by atoms with van der Waals surface area (Å²) in [6.45, 7) is 9.75. The van der Waals surface area contributed by atoms with Crippen LogP contribution in [0, 0.1) is 6.92 Å². The lowest BCUT2D eigenvalue weighted by Gasteiger charge is -2.22. The van der Waals surface area contributed by atoms with Gasteiger partial charge < -0.3 is 9.30 Å². The van der Waals surface area contributed by atoms with E-state index in [9.17, 15) is 13.2 Å². The molecule has 0 atom stereocenters. The maximum atomic E-state index is 13.2. The van der Waals surface area contributed by atoms with Crippen LogP contribution >= 0.6 is 11.3 Å². The summed E-state index contributed by atoms with van der Waals surface area (Å²) in [5.41, 5.74) is 2.36. The van der Waals surface area contributed by atoms with Crippen LogP contribution in [-0.2, 0) is 16.6 Å². The van der Waals surface area contributed by atoms with Crippen LogP contribution in [0.25, 0.3) is 10.2 Å². The molecule has 0 saturated carbocycles. The molecule has 3 aromatic rings. The number of methoxy groups -OCH3 is 1. The first-order chi connectivity index (χ1) is 16.8. The Morgan fingerprint density at radius 3 is 2.20 bits per heavy atom. The van der Waals surface area contributed by atoms with E-state index in [4.69, 9.17) is 4.74 Å². The third-order valence-electron chi connectivity index (χ3n) is 5.98. The van der Waals surface area contributed by atoms with E-state index in [1.54, 1.807) is 23.5 Å². The second-order valence-electron chi connectivity index (χ2n) is 8.44. The molecule has 0 bridgehead atoms. The molecule has 7 nitrogen and oxygen atoms in total. The quantitative estimate of drug-likeness (QED) is 0.342. The summed E-state index contributed by atoms with van der Waals surface area (Å²) < 4.78 is 36.5. The molecule has 3 rings (SSSR count). The molecule has 0 aliphatic rings. The molecule has 0 spiro atoms. The lowest BCUT2D eigenvalue weighted by Crippen LogP contribution is -2.33. The van der Waals surface area contributed by atoms with Crippen LogP contribution < -0.4 is 9.54 Å². The van der Waals surface area contributed by atoms with E-state index >= 15 is 0 Å². The lowest BCUT2D eigenvalue weighted by molar-refractivity contribution is 0.0997. The van der Waals surface area contributed by atoms with Crippen molar-refractivity contribution in [2.45, 2.75) is 64.8 Å². The van der Waals surface area contributed by atoms with Gasteiger partial charge in [-0.05, 0) is 62.6 Å². The van der Waals surface area contributed by atoms with E-state index in [0.29, 0.717) is 30.0 Å². The van der Waals surface area contributed by atoms with Gasteiger partial charge in [0.25, 0.3) is 5.91 Å². The molecule has 190 valence electrons. The SMILES string of the molecule is CCCCN(CCCC)S(=O)(=O)c1ccc(C(=O)N=c2sc3c(C)ccc(OC)c3n2CC)cc1. The van der Waals surface area contributed by atoms with E-state index in [1.165, 1.54) is 23.5 Å². The highest BCUT2D eigenvalue weighted by atomic mass is 32.2. The van der Waals surface area contributed by atoms with Crippen molar-refractivity contribution in [2.24, 2.45) is 4.99 Å². The molecule has 1 heterocycles. The van der Waals surface area contributed by atoms with Crippen LogP contribution in [0.2, 0.25) is 0 Å². The molecule has 2 aromatic carbocycles. The van der Waals surface area contributed by atoms with Crippen molar-refractivity contribution in [1.82, 2.24) is 8.87 Å². The smallest absolute Gasteiger partial charge is 0.279 e. The Morgan fingerprint density at radius 2 is 1.66 bits per heavy atom. The third kappa shape index (κ3) is 5.85. The summed E-state index contributed by atoms with van der Waals surface area (Å²) in [5, 5.41) is 0. The number of benzene rings is 2. The Morgan fingerprint density at radius 1 is 1.03 bits per heavy atom. The van der Waals surface area contributed by atoms with Crippen molar-refractivity contribution in [3.63, 3.8) is 0 Å². The van der Waals surface area contributed by atoms with Crippen LogP contribution in [0.5, 0.6) is 5.75 Å². The van der Waals surface area contributed by atoms with E-state index in [0.717, 1.165) is 47.2 Å². The van der Waals surface area contributed by atoms with Gasteiger partial charge in [-0.2, -0.15) is 9.30 Å². The van der Waals surface area contributed by atoms with Crippen molar-refractivity contribution in [2.75, 3.05) is 20.2 Å². The molecule has 0 aliphatic heterocycles. The minimum atomic E-state index is -3.61. The summed E-state index contributed by atoms with van der Waals surface area (Å²) in [7, 11) is -1.98. The molecule has 0 N–H and O–H groups in total. The number of aryl methyl sites for hydroxylation is 2. The topological polar surface area (TPSA) is 81.0 Å². The van der Waals surface area contributed by atoms with Gasteiger partial charge in [-0.15, -0.1) is 0 Å². The fourth-order valence-corrected chi connectivity index (χ4v) is 6.61. The number of nitrogens with zero attached hydrogens (tertiary/aromatic N) is 3. The monoisotopic (exact) mass is 517 g/mol. The average Bonchev–Trinajstić information content (AvgIpc) is 3.23. The van der Waals surface area contributed by atoms with E-state index in [2.05, 4.69) is 4.99 Å². The van der Waals surface area contributed by atoms with Crippen LogP contribution in [0.4, 0.5) is 0 Å². The molecule has 0 fully saturated rings. The Balaban J connectivity index is 1.95. The van der Waals surface area contributed by atoms with Crippen LogP contribution in [0.15, 0.2) is 46.3 Å². The number of hydrogen-bond acceptors (Lipinski definition) is 5. The average molecular weight is 518 g/mol. The second-order valence-corrected chi connectivity index (χ2v) is 11.4. The highest BCUT2D eigenvalue weighted by molar-refractivity contribution is 7.89. The van der Waals surface area contributed by atoms with Gasteiger partial charge in [0.2, 0.25) is 10.0 Å². The zero-order valence-corrected chi connectivity index (χ0v) is 22.8. The summed E-state index contributed by atoms with van der Waals surface area (Å²) in [5.74, 6) is 0.330. The predicted octanol–water partition coefficient (Wildman–Crippen LogP) is 5.37. The van der Waals surface area contributed by atoms with Gasteiger partial charge >= 0.3 is 0 Å². The zero-order chi connectivity index (χ0) is 25.6. The molecule has 0 saturated heterocycles. The number of fused-ring (bicyclic) bond motifs is 1. The maximum Gasteiger partial charge on any atom is 0.279 e. The fourth-order valence-electron chi connectivity index (χ4n) is 3.91. The largest absolute Gasteiger partial charge is 0.495 e. The number of aromatic nitrogens is 1. The minimum Gasteiger partial charge on any atom is -0.495 e. The first-order valence-electron chi connectivity index (χ1n) is 12.1. The van der Waals surface area contributed by atoms with Gasteiger partial charge in [-0.1, -0.05) is 44.1 Å². The van der Waals surface area contributed by atoms with Gasteiger partial charge in [0.15, 0.2) is 4.80 Å². The number of sulfonamides is 1. The summed E-state index contributed by atoms with van der Waals surface area (Å²) >= 11 is 1.45. The van der Waals surface area contributed by atoms with Gasteiger partial charge in [0.1, 0.15) is 11.3 Å². The molecule has 35 heavy (non-hydrogen) atoms. The van der Waals surface area contributed by atoms with Crippen molar-refractivity contribution in [1.29, 1.82) is 0 Å². The maximum absolute atomic E-state index is 13.2. The number of hydrogen-bond donors (Lipinski definition) is 0. The molecule has 0 aliphatic carbocycles. The Hall–Kier alpha value is -2.49. The number of ether oxygens (including phenoxy) is 1. The molecule has 0 radical (unpaired) electrons. The van der Waals surface area contributed by atoms with E-state index < -0.39 is 15.9 Å². The van der Waals surface area contributed by atoms with Crippen LogP contribution in [0.1, 0.15) is 62.4 Å². The van der Waals surface area contributed by atoms with Gasteiger partial charge in [-0.25, -0.2) is 8.42 Å². The summed E-state index contributed by atoms with van der Waals surface area (Å²) in [6.07, 6.45) is 3.48. The molecule has 1 aromatic heterocycles. The standard InChI is InChI=1S/C26H35N3O4S2/c1-6-9-17-28(18-10-7-2)35(31,32)21-14-12-20(13-15-21)25(30)27-26-29(8-3)23-22(33-5)16-11-19(4)24(23)34-26/h11-16H,6-10,17-18H2,1-5H3. The number of thiazole rings is 1. The van der Waals surface area contributed by atoms with E-state index in [1.807, 2.05) is 44.4 Å². The van der Waals surface area contributed by atoms with Crippen molar-refractivity contribution in [3.8, 4) is 5.75 Å². The fraction of sp³-hybridized carbons (Fsp3) is 0.462. The summed E-state index contributed by atoms with van der Waals surface area (Å²) in [4.78, 5) is 18.2. The molecule has 0 unspecified atom stereocenters. The second kappa shape index (κ2) is 12.0. The minimum absolute atomic E-state index is 0.201. The number of amides is 1. The molecular formula is C26H35N3O4S2. The van der Waals surface area contributed by atoms with Gasteiger partial charge in [0.05, 0.1) is 16.7 Å². The first-order valence-corrected chi connectivity index (χ1v) is 14.4. The van der Waals surface area contributed by atoms with Crippen LogP contribution in [0.3, 0.4) is 0 Å². The van der Waals surface area contributed by atoms with Gasteiger partial charge in [0, 0.05) is 25.2 Å². The lowest BCUT2D eigenvalue weighted by atomic mass is 10.2. The first kappa shape index (κ1) is 27.1. The molecule has 1 amide bonds. The highest BCUT2D eigenvalue weighted by Crippen LogP contribution is 2.30. The number of rotatable bonds is 11. The van der Waals surface area contributed by atoms with E-state index in [-0.39, 0.29) is 4.90 Å². The number of unbranched alkanes of at least 4 members (excludes halogenated alkanes) is 2.